The van der Waals surface area contributed by atoms with Crippen molar-refractivity contribution in [2.24, 2.45) is 5.92 Å². The summed E-state index contributed by atoms with van der Waals surface area (Å²) in [6, 6.07) is 6.75. The molecule has 32 heavy (non-hydrogen) atoms. The van der Waals surface area contributed by atoms with E-state index in [1.165, 1.54) is 38.5 Å². The Morgan fingerprint density at radius 2 is 1.22 bits per heavy atom. The monoisotopic (exact) mass is 448 g/mol. The molecule has 1 aromatic carbocycles. The highest BCUT2D eigenvalue weighted by Gasteiger charge is 2.19. The average Bonchev–Trinajstić information content (AvgIpc) is 2.81. The van der Waals surface area contributed by atoms with Gasteiger partial charge in [0, 0.05) is 13.7 Å². The summed E-state index contributed by atoms with van der Waals surface area (Å²) in [6.07, 6.45) is 13.3. The maximum atomic E-state index is 12.6. The number of esters is 2. The van der Waals surface area contributed by atoms with Crippen molar-refractivity contribution in [3.8, 4) is 0 Å². The van der Waals surface area contributed by atoms with E-state index in [0.717, 1.165) is 45.1 Å². The number of methoxy groups -OCH3 is 1. The normalized spacial score (nSPS) is 11.8. The van der Waals surface area contributed by atoms with Crippen molar-refractivity contribution in [2.45, 2.75) is 90.9 Å². The van der Waals surface area contributed by atoms with Gasteiger partial charge in [-0.05, 0) is 37.3 Å². The molecule has 0 bridgehead atoms. The molecule has 0 aliphatic heterocycles. The molecular formula is C27H44O5. The van der Waals surface area contributed by atoms with Gasteiger partial charge in [0.15, 0.2) is 0 Å². The third kappa shape index (κ3) is 12.2. The first-order valence-electron chi connectivity index (χ1n) is 12.6. The van der Waals surface area contributed by atoms with Gasteiger partial charge >= 0.3 is 11.9 Å². The van der Waals surface area contributed by atoms with Crippen molar-refractivity contribution in [2.75, 3.05) is 26.9 Å². The van der Waals surface area contributed by atoms with Gasteiger partial charge in [0.1, 0.15) is 0 Å². The molecule has 0 radical (unpaired) electrons. The Hall–Kier alpha value is -1.88. The van der Waals surface area contributed by atoms with Crippen LogP contribution in [0.1, 0.15) is 112 Å². The number of hydrogen-bond acceptors (Lipinski definition) is 5. The van der Waals surface area contributed by atoms with E-state index in [9.17, 15) is 9.59 Å². The van der Waals surface area contributed by atoms with Gasteiger partial charge in [-0.2, -0.15) is 0 Å². The first-order valence-corrected chi connectivity index (χ1v) is 12.6. The van der Waals surface area contributed by atoms with E-state index in [-0.39, 0.29) is 11.1 Å². The lowest BCUT2D eigenvalue weighted by molar-refractivity contribution is 0.0436. The Morgan fingerprint density at radius 3 is 1.84 bits per heavy atom. The van der Waals surface area contributed by atoms with E-state index in [1.54, 1.807) is 31.4 Å². The fourth-order valence-electron chi connectivity index (χ4n) is 3.76. The molecule has 5 heteroatoms. The van der Waals surface area contributed by atoms with Crippen molar-refractivity contribution in [3.63, 3.8) is 0 Å². The second kappa shape index (κ2) is 18.7. The number of hydrogen-bond donors (Lipinski definition) is 0. The second-order valence-electron chi connectivity index (χ2n) is 8.52. The Balaban J connectivity index is 2.49. The molecule has 0 heterocycles. The quantitative estimate of drug-likeness (QED) is 0.169. The van der Waals surface area contributed by atoms with Gasteiger partial charge in [0.05, 0.1) is 24.3 Å². The standard InChI is InChI=1S/C27H44O5/c1-4-6-8-9-10-14-20-31-26(28)24-16-12-13-17-25(24)27(29)32-22-19-23(18-21-30-3)15-11-7-5-2/h12-13,16-17,23H,4-11,14-15,18-22H2,1-3H3. The van der Waals surface area contributed by atoms with Gasteiger partial charge in [-0.15, -0.1) is 0 Å². The summed E-state index contributed by atoms with van der Waals surface area (Å²) in [7, 11) is 1.71. The van der Waals surface area contributed by atoms with Crippen LogP contribution < -0.4 is 0 Å². The van der Waals surface area contributed by atoms with Crippen molar-refractivity contribution in [3.05, 3.63) is 35.4 Å². The topological polar surface area (TPSA) is 61.8 Å². The molecule has 1 atom stereocenters. The van der Waals surface area contributed by atoms with Crippen LogP contribution in [0, 0.1) is 5.92 Å². The molecule has 0 N–H and O–H groups in total. The zero-order valence-electron chi connectivity index (χ0n) is 20.5. The predicted molar refractivity (Wildman–Crippen MR) is 129 cm³/mol. The van der Waals surface area contributed by atoms with Crippen molar-refractivity contribution >= 4 is 11.9 Å². The number of ether oxygens (including phenoxy) is 3. The summed E-state index contributed by atoms with van der Waals surface area (Å²) in [4.78, 5) is 25.2. The number of rotatable bonds is 19. The smallest absolute Gasteiger partial charge is 0.339 e. The van der Waals surface area contributed by atoms with Crippen molar-refractivity contribution < 1.29 is 23.8 Å². The van der Waals surface area contributed by atoms with Crippen molar-refractivity contribution in [1.29, 1.82) is 0 Å². The summed E-state index contributed by atoms with van der Waals surface area (Å²) < 4.78 is 16.2. The van der Waals surface area contributed by atoms with E-state index in [4.69, 9.17) is 14.2 Å². The lowest BCUT2D eigenvalue weighted by Gasteiger charge is -2.16. The van der Waals surface area contributed by atoms with Crippen LogP contribution in [-0.4, -0.2) is 38.9 Å². The minimum absolute atomic E-state index is 0.278. The number of unbranched alkanes of at least 4 members (excludes halogenated alkanes) is 7. The molecule has 0 amide bonds. The summed E-state index contributed by atoms with van der Waals surface area (Å²) in [6.45, 7) is 5.84. The summed E-state index contributed by atoms with van der Waals surface area (Å²) in [5.74, 6) is -0.438. The molecule has 0 spiro atoms. The van der Waals surface area contributed by atoms with Crippen LogP contribution in [0.5, 0.6) is 0 Å². The zero-order chi connectivity index (χ0) is 23.4. The fraction of sp³-hybridized carbons (Fsp3) is 0.704. The van der Waals surface area contributed by atoms with Crippen LogP contribution in [0.2, 0.25) is 0 Å². The molecule has 1 aromatic rings. The second-order valence-corrected chi connectivity index (χ2v) is 8.52. The Kier molecular flexibility index (Phi) is 16.4. The predicted octanol–water partition coefficient (Wildman–Crippen LogP) is 6.98. The van der Waals surface area contributed by atoms with Gasteiger partial charge in [0.2, 0.25) is 0 Å². The van der Waals surface area contributed by atoms with Gasteiger partial charge in [-0.25, -0.2) is 9.59 Å². The Bertz CT molecular complexity index is 628. The number of carbonyl (C=O) groups is 2. The van der Waals surface area contributed by atoms with Crippen LogP contribution in [-0.2, 0) is 14.2 Å². The first-order chi connectivity index (χ1) is 15.6. The summed E-state index contributed by atoms with van der Waals surface area (Å²) >= 11 is 0. The lowest BCUT2D eigenvalue weighted by Crippen LogP contribution is -2.16. The Morgan fingerprint density at radius 1 is 0.688 bits per heavy atom. The number of benzene rings is 1. The largest absolute Gasteiger partial charge is 0.462 e. The molecule has 1 rings (SSSR count). The molecule has 0 aromatic heterocycles. The highest BCUT2D eigenvalue weighted by Crippen LogP contribution is 2.19. The molecule has 1 unspecified atom stereocenters. The molecule has 0 saturated carbocycles. The highest BCUT2D eigenvalue weighted by atomic mass is 16.5. The molecule has 0 fully saturated rings. The fourth-order valence-corrected chi connectivity index (χ4v) is 3.76. The summed E-state index contributed by atoms with van der Waals surface area (Å²) in [5.41, 5.74) is 0.558. The average molecular weight is 449 g/mol. The maximum absolute atomic E-state index is 12.6. The molecule has 0 aliphatic rings. The molecule has 5 nitrogen and oxygen atoms in total. The van der Waals surface area contributed by atoms with Gasteiger partial charge < -0.3 is 14.2 Å². The van der Waals surface area contributed by atoms with Gasteiger partial charge in [-0.1, -0.05) is 83.8 Å². The van der Waals surface area contributed by atoms with Crippen LogP contribution >= 0.6 is 0 Å². The van der Waals surface area contributed by atoms with Crippen LogP contribution in [0.25, 0.3) is 0 Å². The van der Waals surface area contributed by atoms with E-state index < -0.39 is 11.9 Å². The van der Waals surface area contributed by atoms with E-state index in [2.05, 4.69) is 13.8 Å². The van der Waals surface area contributed by atoms with E-state index in [1.807, 2.05) is 0 Å². The molecule has 0 saturated heterocycles. The first kappa shape index (κ1) is 28.2. The van der Waals surface area contributed by atoms with Crippen LogP contribution in [0.3, 0.4) is 0 Å². The SMILES string of the molecule is CCCCCCCCOC(=O)c1ccccc1C(=O)OCCC(CCCCC)CCOC. The molecule has 0 aliphatic carbocycles. The Labute approximate surface area is 195 Å². The van der Waals surface area contributed by atoms with Crippen molar-refractivity contribution in [1.82, 2.24) is 0 Å². The highest BCUT2D eigenvalue weighted by molar-refractivity contribution is 6.03. The maximum Gasteiger partial charge on any atom is 0.339 e. The third-order valence-corrected chi connectivity index (χ3v) is 5.80. The third-order valence-electron chi connectivity index (χ3n) is 5.80. The van der Waals surface area contributed by atoms with E-state index in [0.29, 0.717) is 19.1 Å². The zero-order valence-corrected chi connectivity index (χ0v) is 20.5. The number of carbonyl (C=O) groups excluding carboxylic acids is 2. The van der Waals surface area contributed by atoms with Crippen LogP contribution in [0.15, 0.2) is 24.3 Å². The van der Waals surface area contributed by atoms with Crippen LogP contribution in [0.4, 0.5) is 0 Å². The minimum atomic E-state index is -0.462. The lowest BCUT2D eigenvalue weighted by atomic mass is 9.95. The van der Waals surface area contributed by atoms with Gasteiger partial charge in [0.25, 0.3) is 0 Å². The minimum Gasteiger partial charge on any atom is -0.462 e. The molecule has 182 valence electrons. The summed E-state index contributed by atoms with van der Waals surface area (Å²) in [5, 5.41) is 0. The van der Waals surface area contributed by atoms with Gasteiger partial charge in [-0.3, -0.25) is 0 Å². The molecular weight excluding hydrogens is 404 g/mol. The van der Waals surface area contributed by atoms with E-state index >= 15 is 0 Å².